The van der Waals surface area contributed by atoms with E-state index in [-0.39, 0.29) is 24.1 Å². The minimum absolute atomic E-state index is 0.0235. The summed E-state index contributed by atoms with van der Waals surface area (Å²) < 4.78 is 1.88. The Morgan fingerprint density at radius 1 is 1.29 bits per heavy atom. The Morgan fingerprint density at radius 3 is 2.71 bits per heavy atom. The number of carbonyl (C=O) groups excluding carboxylic acids is 3. The number of nitrogens with zero attached hydrogens (tertiary/aromatic N) is 2. The Balaban J connectivity index is 2.02. The van der Waals surface area contributed by atoms with Crippen molar-refractivity contribution in [1.82, 2.24) is 14.8 Å². The summed E-state index contributed by atoms with van der Waals surface area (Å²) in [4.78, 5) is 38.0. The van der Waals surface area contributed by atoms with E-state index < -0.39 is 6.04 Å². The van der Waals surface area contributed by atoms with Crippen LogP contribution in [0, 0.1) is 0 Å². The zero-order valence-electron chi connectivity index (χ0n) is 13.9. The molecule has 3 rings (SSSR count). The number of carbonyl (C=O) groups is 3. The molecule has 1 aromatic carbocycles. The van der Waals surface area contributed by atoms with Gasteiger partial charge in [-0.15, -0.1) is 0 Å². The number of fused-ring (bicyclic) bond motifs is 1. The van der Waals surface area contributed by atoms with E-state index in [1.807, 2.05) is 35.8 Å². The first kappa shape index (κ1) is 16.2. The van der Waals surface area contributed by atoms with E-state index in [2.05, 4.69) is 5.32 Å². The lowest BCUT2D eigenvalue weighted by molar-refractivity contribution is -0.140. The summed E-state index contributed by atoms with van der Waals surface area (Å²) >= 11 is 0. The summed E-state index contributed by atoms with van der Waals surface area (Å²) in [7, 11) is 0. The smallest absolute Gasteiger partial charge is 0.246 e. The molecule has 6 nitrogen and oxygen atoms in total. The topological polar surface area (TPSA) is 71.4 Å². The van der Waals surface area contributed by atoms with E-state index in [4.69, 9.17) is 0 Å². The number of rotatable bonds is 4. The van der Waals surface area contributed by atoms with Gasteiger partial charge in [-0.1, -0.05) is 25.1 Å². The Hall–Kier alpha value is -2.63. The summed E-state index contributed by atoms with van der Waals surface area (Å²) in [6.45, 7) is 4.55. The van der Waals surface area contributed by atoms with Crippen molar-refractivity contribution >= 4 is 28.5 Å². The van der Waals surface area contributed by atoms with Gasteiger partial charge in [-0.2, -0.15) is 0 Å². The molecule has 6 heteroatoms. The number of ketones is 1. The fourth-order valence-corrected chi connectivity index (χ4v) is 3.27. The predicted molar refractivity (Wildman–Crippen MR) is 90.9 cm³/mol. The van der Waals surface area contributed by atoms with Gasteiger partial charge in [-0.3, -0.25) is 14.4 Å². The van der Waals surface area contributed by atoms with Crippen molar-refractivity contribution in [3.05, 3.63) is 36.0 Å². The van der Waals surface area contributed by atoms with E-state index in [1.165, 1.54) is 6.92 Å². The van der Waals surface area contributed by atoms with Crippen molar-refractivity contribution in [2.45, 2.75) is 26.3 Å². The molecule has 1 aromatic heterocycles. The van der Waals surface area contributed by atoms with Crippen LogP contribution in [0.15, 0.2) is 30.5 Å². The number of Topliss-reactive ketones (excluding diaryl/α,β-unsaturated/α-hetero) is 1. The van der Waals surface area contributed by atoms with Crippen LogP contribution in [0.25, 0.3) is 10.9 Å². The number of piperazine rings is 1. The van der Waals surface area contributed by atoms with Crippen LogP contribution in [0.1, 0.15) is 36.7 Å². The van der Waals surface area contributed by atoms with Crippen molar-refractivity contribution < 1.29 is 14.4 Å². The summed E-state index contributed by atoms with van der Waals surface area (Å²) in [5.41, 5.74) is 1.48. The van der Waals surface area contributed by atoms with Crippen LogP contribution >= 0.6 is 0 Å². The lowest BCUT2D eigenvalue weighted by atomic mass is 10.1. The zero-order valence-corrected chi connectivity index (χ0v) is 13.9. The number of para-hydroxylation sites is 1. The lowest BCUT2D eigenvalue weighted by Gasteiger charge is -2.30. The number of aromatic nitrogens is 1. The van der Waals surface area contributed by atoms with Gasteiger partial charge in [0, 0.05) is 35.8 Å². The monoisotopic (exact) mass is 327 g/mol. The minimum Gasteiger partial charge on any atom is -0.353 e. The Morgan fingerprint density at radius 2 is 2.04 bits per heavy atom. The number of benzene rings is 1. The van der Waals surface area contributed by atoms with Crippen molar-refractivity contribution in [2.75, 3.05) is 19.6 Å². The molecule has 0 spiro atoms. The standard InChI is InChI=1S/C18H21N3O3/c1-3-15(18(24)20-9-8-19-17(23)11-20)21-10-14(12(2)22)13-6-4-5-7-16(13)21/h4-7,10,15H,3,8-9,11H2,1-2H3,(H,19,23). The first-order chi connectivity index (χ1) is 11.5. The van der Waals surface area contributed by atoms with Gasteiger partial charge in [0.2, 0.25) is 11.8 Å². The summed E-state index contributed by atoms with van der Waals surface area (Å²) in [5, 5.41) is 3.58. The van der Waals surface area contributed by atoms with Crippen LogP contribution in [-0.4, -0.2) is 46.7 Å². The van der Waals surface area contributed by atoms with Gasteiger partial charge in [-0.05, 0) is 19.4 Å². The molecule has 126 valence electrons. The molecule has 1 atom stereocenters. The SMILES string of the molecule is CCC(C(=O)N1CCNC(=O)C1)n1cc(C(C)=O)c2ccccc21. The second-order valence-electron chi connectivity index (χ2n) is 6.06. The van der Waals surface area contributed by atoms with Crippen molar-refractivity contribution in [3.63, 3.8) is 0 Å². The molecule has 0 radical (unpaired) electrons. The van der Waals surface area contributed by atoms with Gasteiger partial charge in [0.25, 0.3) is 0 Å². The van der Waals surface area contributed by atoms with Crippen molar-refractivity contribution in [1.29, 1.82) is 0 Å². The quantitative estimate of drug-likeness (QED) is 0.870. The van der Waals surface area contributed by atoms with Crippen LogP contribution in [0.4, 0.5) is 0 Å². The second-order valence-corrected chi connectivity index (χ2v) is 6.06. The third kappa shape index (κ3) is 2.79. The molecule has 1 unspecified atom stereocenters. The average Bonchev–Trinajstić information content (AvgIpc) is 2.95. The molecule has 24 heavy (non-hydrogen) atoms. The molecule has 1 N–H and O–H groups in total. The van der Waals surface area contributed by atoms with E-state index in [9.17, 15) is 14.4 Å². The van der Waals surface area contributed by atoms with Gasteiger partial charge in [0.05, 0.1) is 6.54 Å². The van der Waals surface area contributed by atoms with E-state index in [0.717, 1.165) is 10.9 Å². The normalized spacial score (nSPS) is 16.1. The lowest BCUT2D eigenvalue weighted by Crippen LogP contribution is -2.51. The first-order valence-electron chi connectivity index (χ1n) is 8.19. The predicted octanol–water partition coefficient (Wildman–Crippen LogP) is 1.75. The van der Waals surface area contributed by atoms with Gasteiger partial charge >= 0.3 is 0 Å². The molecule has 2 aromatic rings. The molecule has 0 saturated carbocycles. The molecule has 2 heterocycles. The average molecular weight is 327 g/mol. The maximum absolute atomic E-state index is 12.9. The third-order valence-corrected chi connectivity index (χ3v) is 4.48. The Kier molecular flexibility index (Phi) is 4.38. The fraction of sp³-hybridized carbons (Fsp3) is 0.389. The zero-order chi connectivity index (χ0) is 17.3. The molecular formula is C18H21N3O3. The van der Waals surface area contributed by atoms with Gasteiger partial charge in [0.15, 0.2) is 5.78 Å². The van der Waals surface area contributed by atoms with E-state index >= 15 is 0 Å². The van der Waals surface area contributed by atoms with Crippen molar-refractivity contribution in [3.8, 4) is 0 Å². The first-order valence-corrected chi connectivity index (χ1v) is 8.19. The van der Waals surface area contributed by atoms with Gasteiger partial charge < -0.3 is 14.8 Å². The highest BCUT2D eigenvalue weighted by atomic mass is 16.2. The number of amides is 2. The highest BCUT2D eigenvalue weighted by Crippen LogP contribution is 2.27. The summed E-state index contributed by atoms with van der Waals surface area (Å²) in [5.74, 6) is -0.237. The molecule has 1 saturated heterocycles. The highest BCUT2D eigenvalue weighted by Gasteiger charge is 2.29. The van der Waals surface area contributed by atoms with E-state index in [1.54, 1.807) is 11.1 Å². The van der Waals surface area contributed by atoms with Crippen LogP contribution in [-0.2, 0) is 9.59 Å². The number of hydrogen-bond donors (Lipinski definition) is 1. The summed E-state index contributed by atoms with van der Waals surface area (Å²) in [6.07, 6.45) is 2.36. The van der Waals surface area contributed by atoms with Crippen molar-refractivity contribution in [2.24, 2.45) is 0 Å². The molecule has 1 aliphatic rings. The van der Waals surface area contributed by atoms with Gasteiger partial charge in [-0.25, -0.2) is 0 Å². The van der Waals surface area contributed by atoms with Crippen LogP contribution < -0.4 is 5.32 Å². The summed E-state index contributed by atoms with van der Waals surface area (Å²) in [6, 6.07) is 7.17. The molecule has 2 amide bonds. The minimum atomic E-state index is -0.422. The molecule has 1 aliphatic heterocycles. The Bertz CT molecular complexity index is 809. The van der Waals surface area contributed by atoms with Crippen LogP contribution in [0.2, 0.25) is 0 Å². The van der Waals surface area contributed by atoms with Crippen LogP contribution in [0.3, 0.4) is 0 Å². The Labute approximate surface area is 140 Å². The molecule has 0 bridgehead atoms. The maximum Gasteiger partial charge on any atom is 0.246 e. The van der Waals surface area contributed by atoms with Gasteiger partial charge in [0.1, 0.15) is 6.04 Å². The fourth-order valence-electron chi connectivity index (χ4n) is 3.27. The number of nitrogens with one attached hydrogen (secondary N) is 1. The largest absolute Gasteiger partial charge is 0.353 e. The third-order valence-electron chi connectivity index (χ3n) is 4.48. The second kappa shape index (κ2) is 6.47. The molecule has 0 aliphatic carbocycles. The van der Waals surface area contributed by atoms with Crippen LogP contribution in [0.5, 0.6) is 0 Å². The highest BCUT2D eigenvalue weighted by molar-refractivity contribution is 6.07. The number of hydrogen-bond acceptors (Lipinski definition) is 3. The van der Waals surface area contributed by atoms with E-state index in [0.29, 0.717) is 25.1 Å². The maximum atomic E-state index is 12.9. The molecule has 1 fully saturated rings. The molecular weight excluding hydrogens is 306 g/mol.